The van der Waals surface area contributed by atoms with Gasteiger partial charge in [-0.2, -0.15) is 0 Å². The Morgan fingerprint density at radius 3 is 2.68 bits per heavy atom. The highest BCUT2D eigenvalue weighted by atomic mass is 32.2. The second-order valence-electron chi connectivity index (χ2n) is 4.71. The SMILES string of the molecule is CCCC(NCC)C(CC)Sc1nc(C)cc(=O)[nH]1. The summed E-state index contributed by atoms with van der Waals surface area (Å²) in [4.78, 5) is 18.7. The van der Waals surface area contributed by atoms with Crippen LogP contribution in [0.25, 0.3) is 0 Å². The van der Waals surface area contributed by atoms with Crippen LogP contribution in [-0.2, 0) is 0 Å². The highest BCUT2D eigenvalue weighted by Crippen LogP contribution is 2.26. The largest absolute Gasteiger partial charge is 0.313 e. The minimum Gasteiger partial charge on any atom is -0.313 e. The Labute approximate surface area is 119 Å². The lowest BCUT2D eigenvalue weighted by Gasteiger charge is -2.25. The molecule has 0 radical (unpaired) electrons. The standard InChI is InChI=1S/C14H25N3OS/c1-5-8-11(15-7-3)12(6-2)19-14-16-10(4)9-13(18)17-14/h9,11-12,15H,5-8H2,1-4H3,(H,16,17,18). The second-order valence-corrected chi connectivity index (χ2v) is 5.94. The van der Waals surface area contributed by atoms with E-state index in [2.05, 4.69) is 36.1 Å². The van der Waals surface area contributed by atoms with E-state index in [0.717, 1.165) is 36.7 Å². The molecule has 0 aliphatic rings. The van der Waals surface area contributed by atoms with Crippen LogP contribution in [0.4, 0.5) is 0 Å². The van der Waals surface area contributed by atoms with E-state index in [0.29, 0.717) is 11.3 Å². The maximum Gasteiger partial charge on any atom is 0.251 e. The molecule has 19 heavy (non-hydrogen) atoms. The van der Waals surface area contributed by atoms with Crippen LogP contribution in [0.3, 0.4) is 0 Å². The predicted octanol–water partition coefficient (Wildman–Crippen LogP) is 2.73. The van der Waals surface area contributed by atoms with Crippen molar-refractivity contribution in [3.8, 4) is 0 Å². The van der Waals surface area contributed by atoms with Crippen LogP contribution in [0, 0.1) is 6.92 Å². The van der Waals surface area contributed by atoms with E-state index >= 15 is 0 Å². The zero-order valence-electron chi connectivity index (χ0n) is 12.3. The number of aryl methyl sites for hydroxylation is 1. The molecule has 2 N–H and O–H groups in total. The van der Waals surface area contributed by atoms with Crippen LogP contribution in [0.15, 0.2) is 16.0 Å². The van der Waals surface area contributed by atoms with Gasteiger partial charge in [-0.3, -0.25) is 4.79 Å². The van der Waals surface area contributed by atoms with Crippen molar-refractivity contribution >= 4 is 11.8 Å². The average Bonchev–Trinajstić information content (AvgIpc) is 2.34. The van der Waals surface area contributed by atoms with Crippen LogP contribution in [0.2, 0.25) is 0 Å². The van der Waals surface area contributed by atoms with E-state index in [1.807, 2.05) is 6.92 Å². The Balaban J connectivity index is 2.81. The molecule has 1 rings (SSSR count). The Bertz CT molecular complexity index is 427. The first-order chi connectivity index (χ1) is 9.10. The minimum atomic E-state index is -0.0691. The van der Waals surface area contributed by atoms with Gasteiger partial charge in [0.05, 0.1) is 0 Å². The molecule has 1 aromatic heterocycles. The molecule has 0 fully saturated rings. The van der Waals surface area contributed by atoms with E-state index in [9.17, 15) is 4.79 Å². The molecule has 0 amide bonds. The van der Waals surface area contributed by atoms with E-state index < -0.39 is 0 Å². The molecule has 2 unspecified atom stereocenters. The Morgan fingerprint density at radius 1 is 1.42 bits per heavy atom. The average molecular weight is 283 g/mol. The van der Waals surface area contributed by atoms with Crippen molar-refractivity contribution in [3.63, 3.8) is 0 Å². The van der Waals surface area contributed by atoms with Gasteiger partial charge < -0.3 is 10.3 Å². The molecular weight excluding hydrogens is 258 g/mol. The third-order valence-electron chi connectivity index (χ3n) is 3.03. The summed E-state index contributed by atoms with van der Waals surface area (Å²) in [7, 11) is 0. The molecule has 2 atom stereocenters. The van der Waals surface area contributed by atoms with Crippen LogP contribution in [0.5, 0.6) is 0 Å². The van der Waals surface area contributed by atoms with Gasteiger partial charge in [-0.05, 0) is 26.3 Å². The summed E-state index contributed by atoms with van der Waals surface area (Å²) in [5, 5.41) is 4.71. The Kier molecular flexibility index (Phi) is 7.16. The number of aromatic amines is 1. The molecule has 1 heterocycles. The van der Waals surface area contributed by atoms with Crippen molar-refractivity contribution in [3.05, 3.63) is 22.1 Å². The molecule has 0 aliphatic carbocycles. The van der Waals surface area contributed by atoms with Gasteiger partial charge in [-0.15, -0.1) is 0 Å². The van der Waals surface area contributed by atoms with Gasteiger partial charge >= 0.3 is 0 Å². The number of rotatable bonds is 8. The molecule has 0 spiro atoms. The molecule has 1 aromatic rings. The maximum absolute atomic E-state index is 11.5. The van der Waals surface area contributed by atoms with E-state index in [1.165, 1.54) is 6.07 Å². The fourth-order valence-corrected chi connectivity index (χ4v) is 3.40. The molecule has 0 aliphatic heterocycles. The minimum absolute atomic E-state index is 0.0691. The van der Waals surface area contributed by atoms with Crippen molar-refractivity contribution in [1.82, 2.24) is 15.3 Å². The lowest BCUT2D eigenvalue weighted by molar-refractivity contribution is 0.465. The van der Waals surface area contributed by atoms with Crippen LogP contribution >= 0.6 is 11.8 Å². The predicted molar refractivity (Wildman–Crippen MR) is 81.9 cm³/mol. The fourth-order valence-electron chi connectivity index (χ4n) is 2.19. The molecule has 0 bridgehead atoms. The molecule has 4 nitrogen and oxygen atoms in total. The number of nitrogens with zero attached hydrogens (tertiary/aromatic N) is 1. The topological polar surface area (TPSA) is 57.8 Å². The first-order valence-corrected chi connectivity index (χ1v) is 7.96. The summed E-state index contributed by atoms with van der Waals surface area (Å²) in [5.74, 6) is 0. The van der Waals surface area contributed by atoms with Crippen molar-refractivity contribution < 1.29 is 0 Å². The number of hydrogen-bond donors (Lipinski definition) is 2. The van der Waals surface area contributed by atoms with Crippen LogP contribution in [0.1, 0.15) is 45.7 Å². The normalized spacial score (nSPS) is 14.3. The zero-order valence-corrected chi connectivity index (χ0v) is 13.1. The lowest BCUT2D eigenvalue weighted by Crippen LogP contribution is -2.38. The number of H-pyrrole nitrogens is 1. The third-order valence-corrected chi connectivity index (χ3v) is 4.41. The van der Waals surface area contributed by atoms with Crippen molar-refractivity contribution in [1.29, 1.82) is 0 Å². The first kappa shape index (κ1) is 16.2. The maximum atomic E-state index is 11.5. The molecule has 108 valence electrons. The quantitative estimate of drug-likeness (QED) is 0.569. The Hall–Kier alpha value is -0.810. The van der Waals surface area contributed by atoms with Gasteiger partial charge in [0.25, 0.3) is 5.56 Å². The summed E-state index contributed by atoms with van der Waals surface area (Å²) in [5.41, 5.74) is 0.706. The van der Waals surface area contributed by atoms with Gasteiger partial charge in [-0.1, -0.05) is 39.0 Å². The van der Waals surface area contributed by atoms with Gasteiger partial charge in [0.15, 0.2) is 5.16 Å². The number of thioether (sulfide) groups is 1. The summed E-state index contributed by atoms with van der Waals surface area (Å²) in [6, 6.07) is 1.99. The molecular formula is C14H25N3OS. The summed E-state index contributed by atoms with van der Waals surface area (Å²) < 4.78 is 0. The van der Waals surface area contributed by atoms with Gasteiger partial charge in [0.1, 0.15) is 0 Å². The lowest BCUT2D eigenvalue weighted by atomic mass is 10.1. The van der Waals surface area contributed by atoms with Gasteiger partial charge in [0, 0.05) is 23.1 Å². The summed E-state index contributed by atoms with van der Waals surface area (Å²) in [6.45, 7) is 9.35. The highest BCUT2D eigenvalue weighted by Gasteiger charge is 2.20. The smallest absolute Gasteiger partial charge is 0.251 e. The number of nitrogens with one attached hydrogen (secondary N) is 2. The Morgan fingerprint density at radius 2 is 2.16 bits per heavy atom. The summed E-state index contributed by atoms with van der Waals surface area (Å²) >= 11 is 1.68. The fraction of sp³-hybridized carbons (Fsp3) is 0.714. The molecule has 5 heteroatoms. The molecule has 0 saturated heterocycles. The van der Waals surface area contributed by atoms with Crippen LogP contribution in [-0.4, -0.2) is 27.8 Å². The monoisotopic (exact) mass is 283 g/mol. The highest BCUT2D eigenvalue weighted by molar-refractivity contribution is 7.99. The first-order valence-electron chi connectivity index (χ1n) is 7.08. The zero-order chi connectivity index (χ0) is 14.3. The third kappa shape index (κ3) is 5.37. The second kappa shape index (κ2) is 8.38. The number of hydrogen-bond acceptors (Lipinski definition) is 4. The number of aromatic nitrogens is 2. The van der Waals surface area contributed by atoms with E-state index in [4.69, 9.17) is 0 Å². The van der Waals surface area contributed by atoms with E-state index in [1.54, 1.807) is 11.8 Å². The van der Waals surface area contributed by atoms with Gasteiger partial charge in [-0.25, -0.2) is 4.98 Å². The molecule has 0 aromatic carbocycles. The van der Waals surface area contributed by atoms with Crippen molar-refractivity contribution in [2.24, 2.45) is 0 Å². The van der Waals surface area contributed by atoms with Crippen LogP contribution < -0.4 is 10.9 Å². The summed E-state index contributed by atoms with van der Waals surface area (Å²) in [6.07, 6.45) is 3.36. The molecule has 0 saturated carbocycles. The van der Waals surface area contributed by atoms with Gasteiger partial charge in [0.2, 0.25) is 0 Å². The van der Waals surface area contributed by atoms with E-state index in [-0.39, 0.29) is 5.56 Å². The van der Waals surface area contributed by atoms with Crippen molar-refractivity contribution in [2.45, 2.75) is 63.4 Å². The van der Waals surface area contributed by atoms with Crippen molar-refractivity contribution in [2.75, 3.05) is 6.54 Å².